The van der Waals surface area contributed by atoms with Crippen LogP contribution in [-0.4, -0.2) is 48.8 Å². The van der Waals surface area contributed by atoms with Crippen LogP contribution in [0.2, 0.25) is 5.02 Å². The topological polar surface area (TPSA) is 67.6 Å². The maximum Gasteiger partial charge on any atom is 0.273 e. The van der Waals surface area contributed by atoms with Gasteiger partial charge in [-0.1, -0.05) is 57.0 Å². The summed E-state index contributed by atoms with van der Waals surface area (Å²) in [4.78, 5) is 15.0. The van der Waals surface area contributed by atoms with E-state index in [2.05, 4.69) is 31.3 Å². The maximum absolute atomic E-state index is 12.7. The third-order valence-electron chi connectivity index (χ3n) is 5.07. The SMILES string of the molecule is O=C(NCC(c1ccc(Cl)cc1)N1CCOCC1)c1cc(-c2ccc(Br)cc2)on1. The lowest BCUT2D eigenvalue weighted by Gasteiger charge is -2.34. The molecule has 1 fully saturated rings. The highest BCUT2D eigenvalue weighted by atomic mass is 79.9. The molecule has 3 aromatic rings. The molecule has 1 amide bonds. The first-order valence-corrected chi connectivity index (χ1v) is 10.9. The smallest absolute Gasteiger partial charge is 0.273 e. The van der Waals surface area contributed by atoms with Crippen LogP contribution in [0.5, 0.6) is 0 Å². The van der Waals surface area contributed by atoms with Crippen molar-refractivity contribution in [2.75, 3.05) is 32.8 Å². The molecule has 1 aliphatic rings. The average Bonchev–Trinajstić information content (AvgIpc) is 3.27. The fourth-order valence-electron chi connectivity index (χ4n) is 3.44. The van der Waals surface area contributed by atoms with E-state index >= 15 is 0 Å². The average molecular weight is 491 g/mol. The number of aromatic nitrogens is 1. The monoisotopic (exact) mass is 489 g/mol. The van der Waals surface area contributed by atoms with E-state index in [1.807, 2.05) is 48.5 Å². The summed E-state index contributed by atoms with van der Waals surface area (Å²) in [6, 6.07) is 17.0. The summed E-state index contributed by atoms with van der Waals surface area (Å²) in [5.74, 6) is 0.282. The summed E-state index contributed by atoms with van der Waals surface area (Å²) in [7, 11) is 0. The van der Waals surface area contributed by atoms with Crippen LogP contribution in [0.25, 0.3) is 11.3 Å². The van der Waals surface area contributed by atoms with Crippen molar-refractivity contribution in [1.82, 2.24) is 15.4 Å². The highest BCUT2D eigenvalue weighted by Gasteiger charge is 2.24. The summed E-state index contributed by atoms with van der Waals surface area (Å²) in [5, 5.41) is 7.63. The van der Waals surface area contributed by atoms with Crippen LogP contribution in [0.1, 0.15) is 22.1 Å². The first kappa shape index (κ1) is 21.1. The molecule has 4 rings (SSSR count). The second-order valence-electron chi connectivity index (χ2n) is 7.01. The molecule has 156 valence electrons. The van der Waals surface area contributed by atoms with Crippen LogP contribution in [0.3, 0.4) is 0 Å². The first-order chi connectivity index (χ1) is 14.6. The Morgan fingerprint density at radius 3 is 2.53 bits per heavy atom. The van der Waals surface area contributed by atoms with Gasteiger partial charge in [0.25, 0.3) is 5.91 Å². The van der Waals surface area contributed by atoms with Crippen molar-refractivity contribution in [3.8, 4) is 11.3 Å². The Hall–Kier alpha value is -2.19. The number of rotatable bonds is 6. The van der Waals surface area contributed by atoms with Gasteiger partial charge in [-0.2, -0.15) is 0 Å². The van der Waals surface area contributed by atoms with Gasteiger partial charge in [-0.15, -0.1) is 0 Å². The zero-order valence-electron chi connectivity index (χ0n) is 16.2. The van der Waals surface area contributed by atoms with Crippen LogP contribution in [0.15, 0.2) is 63.6 Å². The fourth-order valence-corrected chi connectivity index (χ4v) is 3.83. The molecule has 8 heteroatoms. The normalized spacial score (nSPS) is 15.7. The Morgan fingerprint density at radius 2 is 1.83 bits per heavy atom. The number of nitrogens with zero attached hydrogens (tertiary/aromatic N) is 2. The van der Waals surface area contributed by atoms with Crippen molar-refractivity contribution in [2.24, 2.45) is 0 Å². The number of amides is 1. The summed E-state index contributed by atoms with van der Waals surface area (Å²) < 4.78 is 11.8. The van der Waals surface area contributed by atoms with Gasteiger partial charge in [0.05, 0.1) is 19.3 Å². The van der Waals surface area contributed by atoms with Gasteiger partial charge in [-0.3, -0.25) is 9.69 Å². The Labute approximate surface area is 188 Å². The lowest BCUT2D eigenvalue weighted by Crippen LogP contribution is -2.43. The molecule has 1 saturated heterocycles. The predicted molar refractivity (Wildman–Crippen MR) is 119 cm³/mol. The Balaban J connectivity index is 1.45. The molecule has 1 N–H and O–H groups in total. The molecular formula is C22H21BrClN3O3. The fraction of sp³-hybridized carbons (Fsp3) is 0.273. The molecule has 0 saturated carbocycles. The third-order valence-corrected chi connectivity index (χ3v) is 5.85. The summed E-state index contributed by atoms with van der Waals surface area (Å²) >= 11 is 9.45. The van der Waals surface area contributed by atoms with Gasteiger partial charge in [0.15, 0.2) is 11.5 Å². The zero-order valence-corrected chi connectivity index (χ0v) is 18.5. The van der Waals surface area contributed by atoms with E-state index in [9.17, 15) is 4.79 Å². The van der Waals surface area contributed by atoms with Crippen LogP contribution >= 0.6 is 27.5 Å². The van der Waals surface area contributed by atoms with Gasteiger partial charge >= 0.3 is 0 Å². The molecule has 1 aliphatic heterocycles. The standard InChI is InChI=1S/C22H21BrClN3O3/c23-17-5-1-16(2-6-17)21-13-19(26-30-21)22(28)25-14-20(27-9-11-29-12-10-27)15-3-7-18(24)8-4-15/h1-8,13,20H,9-12,14H2,(H,25,28). The molecule has 2 aromatic carbocycles. The van der Waals surface area contributed by atoms with Crippen molar-refractivity contribution in [3.05, 3.63) is 75.4 Å². The van der Waals surface area contributed by atoms with E-state index in [0.29, 0.717) is 30.5 Å². The molecule has 0 aliphatic carbocycles. The zero-order chi connectivity index (χ0) is 20.9. The van der Waals surface area contributed by atoms with Crippen molar-refractivity contribution in [3.63, 3.8) is 0 Å². The summed E-state index contributed by atoms with van der Waals surface area (Å²) in [6.45, 7) is 3.42. The number of hydrogen-bond donors (Lipinski definition) is 1. The van der Waals surface area contributed by atoms with E-state index in [0.717, 1.165) is 28.7 Å². The van der Waals surface area contributed by atoms with Crippen molar-refractivity contribution in [1.29, 1.82) is 0 Å². The molecule has 1 atom stereocenters. The first-order valence-electron chi connectivity index (χ1n) is 9.68. The van der Waals surface area contributed by atoms with Crippen LogP contribution in [0, 0.1) is 0 Å². The summed E-state index contributed by atoms with van der Waals surface area (Å²) in [5.41, 5.74) is 2.21. The van der Waals surface area contributed by atoms with Crippen molar-refractivity contribution in [2.45, 2.75) is 6.04 Å². The minimum Gasteiger partial charge on any atom is -0.379 e. The van der Waals surface area contributed by atoms with E-state index in [-0.39, 0.29) is 17.6 Å². The van der Waals surface area contributed by atoms with Gasteiger partial charge < -0.3 is 14.6 Å². The van der Waals surface area contributed by atoms with E-state index in [1.165, 1.54) is 0 Å². The van der Waals surface area contributed by atoms with Gasteiger partial charge in [-0.05, 0) is 29.8 Å². The van der Waals surface area contributed by atoms with Crippen molar-refractivity contribution >= 4 is 33.4 Å². The number of benzene rings is 2. The lowest BCUT2D eigenvalue weighted by atomic mass is 10.0. The van der Waals surface area contributed by atoms with Gasteiger partial charge in [0, 0.05) is 40.8 Å². The van der Waals surface area contributed by atoms with Gasteiger partial charge in [0.1, 0.15) is 0 Å². The number of carbonyl (C=O) groups is 1. The van der Waals surface area contributed by atoms with Crippen LogP contribution in [-0.2, 0) is 4.74 Å². The Morgan fingerprint density at radius 1 is 1.13 bits per heavy atom. The lowest BCUT2D eigenvalue weighted by molar-refractivity contribution is 0.0162. The highest BCUT2D eigenvalue weighted by Crippen LogP contribution is 2.24. The van der Waals surface area contributed by atoms with Crippen molar-refractivity contribution < 1.29 is 14.1 Å². The molecule has 0 radical (unpaired) electrons. The minimum atomic E-state index is -0.269. The van der Waals surface area contributed by atoms with E-state index in [4.69, 9.17) is 20.9 Å². The number of nitrogens with one attached hydrogen (secondary N) is 1. The maximum atomic E-state index is 12.7. The Kier molecular flexibility index (Phi) is 6.84. The molecular weight excluding hydrogens is 470 g/mol. The second-order valence-corrected chi connectivity index (χ2v) is 8.36. The molecule has 6 nitrogen and oxygen atoms in total. The quantitative estimate of drug-likeness (QED) is 0.549. The largest absolute Gasteiger partial charge is 0.379 e. The number of morpholine rings is 1. The van der Waals surface area contributed by atoms with Crippen LogP contribution < -0.4 is 5.32 Å². The second kappa shape index (κ2) is 9.75. The van der Waals surface area contributed by atoms with Crippen LogP contribution in [0.4, 0.5) is 0 Å². The number of ether oxygens (including phenoxy) is 1. The number of hydrogen-bond acceptors (Lipinski definition) is 5. The molecule has 1 aromatic heterocycles. The molecule has 2 heterocycles. The number of carbonyl (C=O) groups excluding carboxylic acids is 1. The summed E-state index contributed by atoms with van der Waals surface area (Å²) in [6.07, 6.45) is 0. The van der Waals surface area contributed by atoms with Gasteiger partial charge in [0.2, 0.25) is 0 Å². The van der Waals surface area contributed by atoms with Gasteiger partial charge in [-0.25, -0.2) is 0 Å². The molecule has 30 heavy (non-hydrogen) atoms. The third kappa shape index (κ3) is 5.10. The predicted octanol–water partition coefficient (Wildman–Crippen LogP) is 4.56. The molecule has 1 unspecified atom stereocenters. The Bertz CT molecular complexity index is 986. The molecule has 0 bridgehead atoms. The number of halogens is 2. The highest BCUT2D eigenvalue weighted by molar-refractivity contribution is 9.10. The van der Waals surface area contributed by atoms with E-state index < -0.39 is 0 Å². The molecule has 0 spiro atoms. The van der Waals surface area contributed by atoms with E-state index in [1.54, 1.807) is 6.07 Å². The minimum absolute atomic E-state index is 0.0213.